The molecule has 1 aromatic carbocycles. The average Bonchev–Trinajstić information content (AvgIpc) is 2.40. The van der Waals surface area contributed by atoms with Crippen molar-refractivity contribution in [3.05, 3.63) is 47.2 Å². The summed E-state index contributed by atoms with van der Waals surface area (Å²) in [4.78, 5) is 8.71. The zero-order valence-corrected chi connectivity index (χ0v) is 11.1. The molecular formula is C14H16ClN3. The summed E-state index contributed by atoms with van der Waals surface area (Å²) in [6.07, 6.45) is 5.45. The molecule has 4 heteroatoms. The molecular weight excluding hydrogens is 246 g/mol. The summed E-state index contributed by atoms with van der Waals surface area (Å²) in [5.41, 5.74) is 7.94. The molecule has 2 aromatic rings. The highest BCUT2D eigenvalue weighted by molar-refractivity contribution is 6.30. The maximum atomic E-state index is 5.90. The van der Waals surface area contributed by atoms with Crippen LogP contribution in [0.4, 0.5) is 0 Å². The summed E-state index contributed by atoms with van der Waals surface area (Å²) < 4.78 is 0. The van der Waals surface area contributed by atoms with Crippen molar-refractivity contribution in [3.63, 3.8) is 0 Å². The summed E-state index contributed by atoms with van der Waals surface area (Å²) in [5, 5.41) is 0.712. The Labute approximate surface area is 112 Å². The topological polar surface area (TPSA) is 51.8 Å². The third-order valence-electron chi connectivity index (χ3n) is 2.83. The van der Waals surface area contributed by atoms with Gasteiger partial charge >= 0.3 is 0 Å². The van der Waals surface area contributed by atoms with Gasteiger partial charge in [-0.3, -0.25) is 0 Å². The molecule has 18 heavy (non-hydrogen) atoms. The van der Waals surface area contributed by atoms with E-state index in [4.69, 9.17) is 17.3 Å². The Kier molecular flexibility index (Phi) is 4.28. The average molecular weight is 262 g/mol. The molecule has 0 amide bonds. The lowest BCUT2D eigenvalue weighted by Gasteiger charge is -2.08. The Bertz CT molecular complexity index is 493. The van der Waals surface area contributed by atoms with Crippen LogP contribution in [-0.2, 0) is 6.42 Å². The van der Waals surface area contributed by atoms with Gasteiger partial charge in [-0.1, -0.05) is 18.5 Å². The van der Waals surface area contributed by atoms with Crippen LogP contribution < -0.4 is 5.73 Å². The minimum atomic E-state index is 0.176. The molecule has 1 heterocycles. The molecule has 3 nitrogen and oxygen atoms in total. The molecule has 94 valence electrons. The van der Waals surface area contributed by atoms with Gasteiger partial charge in [-0.2, -0.15) is 0 Å². The number of aromatic nitrogens is 2. The van der Waals surface area contributed by atoms with E-state index in [1.807, 2.05) is 36.7 Å². The van der Waals surface area contributed by atoms with Crippen LogP contribution in [0.2, 0.25) is 5.02 Å². The summed E-state index contributed by atoms with van der Waals surface area (Å²) in [6, 6.07) is 7.67. The first-order valence-electron chi connectivity index (χ1n) is 6.01. The van der Waals surface area contributed by atoms with Crippen molar-refractivity contribution in [1.29, 1.82) is 0 Å². The van der Waals surface area contributed by atoms with Gasteiger partial charge in [-0.05, 0) is 42.7 Å². The highest BCUT2D eigenvalue weighted by atomic mass is 35.5. The Morgan fingerprint density at radius 3 is 2.33 bits per heavy atom. The first-order valence-corrected chi connectivity index (χ1v) is 6.39. The van der Waals surface area contributed by atoms with Gasteiger partial charge in [0, 0.05) is 29.0 Å². The zero-order valence-electron chi connectivity index (χ0n) is 10.3. The van der Waals surface area contributed by atoms with Crippen molar-refractivity contribution in [2.75, 3.05) is 0 Å². The van der Waals surface area contributed by atoms with Crippen molar-refractivity contribution in [2.24, 2.45) is 5.73 Å². The molecule has 0 radical (unpaired) electrons. The molecule has 0 fully saturated rings. The van der Waals surface area contributed by atoms with Gasteiger partial charge in [0.1, 0.15) is 0 Å². The highest BCUT2D eigenvalue weighted by Crippen LogP contribution is 2.17. The molecule has 2 N–H and O–H groups in total. The van der Waals surface area contributed by atoms with Crippen molar-refractivity contribution in [2.45, 2.75) is 25.8 Å². The molecule has 0 aliphatic heterocycles. The van der Waals surface area contributed by atoms with Crippen LogP contribution in [0.5, 0.6) is 0 Å². The fraction of sp³-hybridized carbons (Fsp3) is 0.286. The highest BCUT2D eigenvalue weighted by Gasteiger charge is 2.04. The number of halogens is 1. The molecule has 0 aliphatic carbocycles. The number of hydrogen-bond donors (Lipinski definition) is 1. The fourth-order valence-electron chi connectivity index (χ4n) is 1.66. The van der Waals surface area contributed by atoms with Gasteiger partial charge in [0.15, 0.2) is 5.82 Å². The van der Waals surface area contributed by atoms with E-state index in [1.54, 1.807) is 0 Å². The molecule has 0 bridgehead atoms. The van der Waals surface area contributed by atoms with Crippen LogP contribution >= 0.6 is 11.6 Å². The quantitative estimate of drug-likeness (QED) is 0.920. The molecule has 0 spiro atoms. The van der Waals surface area contributed by atoms with Crippen LogP contribution in [0.3, 0.4) is 0 Å². The van der Waals surface area contributed by atoms with E-state index in [-0.39, 0.29) is 6.04 Å². The molecule has 1 atom stereocenters. The molecule has 2 rings (SSSR count). The first kappa shape index (κ1) is 13.0. The second-order valence-corrected chi connectivity index (χ2v) is 4.73. The van der Waals surface area contributed by atoms with Crippen LogP contribution in [0.25, 0.3) is 11.4 Å². The van der Waals surface area contributed by atoms with Crippen LogP contribution in [0, 0.1) is 0 Å². The molecule has 1 unspecified atom stereocenters. The largest absolute Gasteiger partial charge is 0.327 e. The van der Waals surface area contributed by atoms with Crippen molar-refractivity contribution >= 4 is 11.6 Å². The van der Waals surface area contributed by atoms with E-state index in [0.29, 0.717) is 10.8 Å². The minimum absolute atomic E-state index is 0.176. The number of rotatable bonds is 4. The molecule has 0 aliphatic rings. The third kappa shape index (κ3) is 3.28. The SMILES string of the molecule is CCC(N)Cc1cnc(-c2ccc(Cl)cc2)nc1. The third-order valence-corrected chi connectivity index (χ3v) is 3.08. The van der Waals surface area contributed by atoms with E-state index < -0.39 is 0 Å². The van der Waals surface area contributed by atoms with Crippen molar-refractivity contribution < 1.29 is 0 Å². The Hall–Kier alpha value is -1.45. The first-order chi connectivity index (χ1) is 8.69. The Balaban J connectivity index is 2.14. The lowest BCUT2D eigenvalue weighted by Crippen LogP contribution is -2.21. The van der Waals surface area contributed by atoms with Gasteiger partial charge in [0.05, 0.1) is 0 Å². The standard InChI is InChI=1S/C14H16ClN3/c1-2-13(16)7-10-8-17-14(18-9-10)11-3-5-12(15)6-4-11/h3-6,8-9,13H,2,7,16H2,1H3. The Morgan fingerprint density at radius 1 is 1.17 bits per heavy atom. The summed E-state index contributed by atoms with van der Waals surface area (Å²) >= 11 is 5.84. The second kappa shape index (κ2) is 5.94. The molecule has 1 aromatic heterocycles. The normalized spacial score (nSPS) is 12.4. The van der Waals surface area contributed by atoms with Crippen LogP contribution in [-0.4, -0.2) is 16.0 Å². The number of benzene rings is 1. The lowest BCUT2D eigenvalue weighted by molar-refractivity contribution is 0.643. The molecule has 0 saturated carbocycles. The van der Waals surface area contributed by atoms with Crippen LogP contribution in [0.15, 0.2) is 36.7 Å². The van der Waals surface area contributed by atoms with E-state index in [2.05, 4.69) is 16.9 Å². The predicted molar refractivity (Wildman–Crippen MR) is 74.4 cm³/mol. The van der Waals surface area contributed by atoms with Gasteiger partial charge in [0.25, 0.3) is 0 Å². The summed E-state index contributed by atoms with van der Waals surface area (Å²) in [6.45, 7) is 2.08. The van der Waals surface area contributed by atoms with Gasteiger partial charge in [0.2, 0.25) is 0 Å². The predicted octanol–water partition coefficient (Wildman–Crippen LogP) is 3.08. The van der Waals surface area contributed by atoms with E-state index in [9.17, 15) is 0 Å². The van der Waals surface area contributed by atoms with Crippen molar-refractivity contribution in [1.82, 2.24) is 9.97 Å². The second-order valence-electron chi connectivity index (χ2n) is 4.29. The minimum Gasteiger partial charge on any atom is -0.327 e. The zero-order chi connectivity index (χ0) is 13.0. The lowest BCUT2D eigenvalue weighted by atomic mass is 10.1. The summed E-state index contributed by atoms with van der Waals surface area (Å²) in [7, 11) is 0. The maximum Gasteiger partial charge on any atom is 0.159 e. The monoisotopic (exact) mass is 261 g/mol. The smallest absolute Gasteiger partial charge is 0.159 e. The fourth-order valence-corrected chi connectivity index (χ4v) is 1.78. The summed E-state index contributed by atoms with van der Waals surface area (Å²) in [5.74, 6) is 0.709. The number of nitrogens with two attached hydrogens (primary N) is 1. The molecule has 0 saturated heterocycles. The number of hydrogen-bond acceptors (Lipinski definition) is 3. The van der Waals surface area contributed by atoms with Crippen LogP contribution in [0.1, 0.15) is 18.9 Å². The van der Waals surface area contributed by atoms with Gasteiger partial charge < -0.3 is 5.73 Å². The van der Waals surface area contributed by atoms with Crippen molar-refractivity contribution in [3.8, 4) is 11.4 Å². The van der Waals surface area contributed by atoms with E-state index in [0.717, 1.165) is 24.0 Å². The van der Waals surface area contributed by atoms with E-state index in [1.165, 1.54) is 0 Å². The van der Waals surface area contributed by atoms with Gasteiger partial charge in [-0.15, -0.1) is 0 Å². The Morgan fingerprint density at radius 2 is 1.78 bits per heavy atom. The number of nitrogens with zero attached hydrogens (tertiary/aromatic N) is 2. The van der Waals surface area contributed by atoms with E-state index >= 15 is 0 Å². The van der Waals surface area contributed by atoms with Gasteiger partial charge in [-0.25, -0.2) is 9.97 Å². The maximum absolute atomic E-state index is 5.90.